The van der Waals surface area contributed by atoms with Gasteiger partial charge < -0.3 is 138 Å². The molecule has 3 heterocycles. The summed E-state index contributed by atoms with van der Waals surface area (Å²) >= 11 is 0. The zero-order valence-corrected chi connectivity index (χ0v) is 55.6. The van der Waals surface area contributed by atoms with Gasteiger partial charge in [0.1, 0.15) is 54.9 Å². The number of aliphatic hydroxyl groups is 9. The van der Waals surface area contributed by atoms with Gasteiger partial charge in [-0.15, -0.1) is 0 Å². The number of nitrogens with two attached hydrogens (primary N) is 3. The summed E-state index contributed by atoms with van der Waals surface area (Å²) in [5, 5.41) is 105. The lowest BCUT2D eigenvalue weighted by Gasteiger charge is -2.40. The highest BCUT2D eigenvalue weighted by atomic mass is 16.7. The predicted molar refractivity (Wildman–Crippen MR) is 341 cm³/mol. The van der Waals surface area contributed by atoms with Crippen LogP contribution in [0, 0.1) is 5.41 Å². The van der Waals surface area contributed by atoms with E-state index in [1.165, 1.54) is 0 Å². The van der Waals surface area contributed by atoms with Gasteiger partial charge in [0.05, 0.1) is 77.6 Å². The van der Waals surface area contributed by atoms with Crippen molar-refractivity contribution in [1.29, 1.82) is 0 Å². The first-order valence-electron chi connectivity index (χ1n) is 34.2. The maximum Gasteiger partial charge on any atom is 0.407 e. The maximum atomic E-state index is 12.7. The minimum atomic E-state index is -1.33. The summed E-state index contributed by atoms with van der Waals surface area (Å²) < 4.78 is 49.4. The van der Waals surface area contributed by atoms with Crippen LogP contribution in [-0.4, -0.2) is 273 Å². The molecule has 0 aromatic heterocycles. The van der Waals surface area contributed by atoms with Crippen LogP contribution in [0.5, 0.6) is 0 Å². The Kier molecular flexibility index (Phi) is 44.5. The molecule has 3 saturated heterocycles. The summed E-state index contributed by atoms with van der Waals surface area (Å²) in [4.78, 5) is 74.5. The molecule has 0 saturated carbocycles. The molecule has 95 heavy (non-hydrogen) atoms. The molecular formula is C62H117N9O24. The second kappa shape index (κ2) is 49.9. The minimum absolute atomic E-state index is 0.125. The predicted octanol–water partition coefficient (Wildman–Crippen LogP) is -1.77. The molecule has 6 amide bonds. The monoisotopic (exact) mass is 1370 g/mol. The fourth-order valence-corrected chi connectivity index (χ4v) is 10.8. The molecule has 3 aliphatic rings. The van der Waals surface area contributed by atoms with Gasteiger partial charge in [0.2, 0.25) is 17.7 Å². The second-order valence-electron chi connectivity index (χ2n) is 24.9. The van der Waals surface area contributed by atoms with Gasteiger partial charge in [-0.05, 0) is 102 Å². The third-order valence-electron chi connectivity index (χ3n) is 16.9. The van der Waals surface area contributed by atoms with Crippen molar-refractivity contribution in [3.05, 3.63) is 0 Å². The number of alkyl carbamates (subject to hydrolysis) is 3. The first-order chi connectivity index (χ1) is 45.6. The van der Waals surface area contributed by atoms with Crippen LogP contribution < -0.4 is 49.1 Å². The number of ether oxygens (including phenoxy) is 9. The quantitative estimate of drug-likeness (QED) is 0.0237. The van der Waals surface area contributed by atoms with Crippen LogP contribution in [0.25, 0.3) is 0 Å². The van der Waals surface area contributed by atoms with Crippen molar-refractivity contribution in [2.24, 2.45) is 22.6 Å². The number of carbonyl (C=O) groups is 6. The van der Waals surface area contributed by atoms with Gasteiger partial charge in [-0.1, -0.05) is 45.4 Å². The number of hydrogen-bond acceptors (Lipinski definition) is 27. The lowest BCUT2D eigenvalue weighted by molar-refractivity contribution is -0.265. The van der Waals surface area contributed by atoms with Crippen molar-refractivity contribution < 1.29 is 117 Å². The fourth-order valence-electron chi connectivity index (χ4n) is 10.8. The first kappa shape index (κ1) is 84.7. The molecule has 3 aliphatic heterocycles. The van der Waals surface area contributed by atoms with Crippen LogP contribution in [0.1, 0.15) is 161 Å². The Morgan fingerprint density at radius 3 is 0.947 bits per heavy atom. The van der Waals surface area contributed by atoms with E-state index < -0.39 is 130 Å². The summed E-state index contributed by atoms with van der Waals surface area (Å²) in [5.74, 6) is -0.446. The fraction of sp³-hybridized carbons (Fsp3) is 0.903. The average Bonchev–Trinajstić information content (AvgIpc) is 0.858. The minimum Gasteiger partial charge on any atom is -0.450 e. The van der Waals surface area contributed by atoms with Crippen molar-refractivity contribution >= 4 is 36.0 Å². The maximum absolute atomic E-state index is 12.7. The van der Waals surface area contributed by atoms with Crippen LogP contribution in [0.15, 0.2) is 0 Å². The normalized spacial score (nSPS) is 26.6. The molecule has 16 atom stereocenters. The standard InChI is InChI=1S/C62H117N9O24/c1-62(25-37-92-61(86)71-31-14-7-4-11-28-68-46(77)22-18-35-89-58-49(65)55(83)52(80)43(40-74)95-58,24-19-36-91-60(85)70-30-13-6-3-10-27-67-45(76)21-17-34-88-57-48(64)54(82)51(79)42(39-73)94-57)23-8-15-32-90-59(84)69-29-12-5-2-9-26-66-44(75)20-16-33-87-56-47(63)53(81)50(78)41(38-72)93-56/h41-43,47-58,72-74,78-83H,2-40,63-65H2,1H3,(H,66,75)(H,67,76)(H,68,77)(H,69,84)(H,70,85)(H,71,86). The molecule has 33 nitrogen and oxygen atoms in total. The van der Waals surface area contributed by atoms with E-state index in [9.17, 15) is 74.7 Å². The molecule has 0 aliphatic carbocycles. The topological polar surface area (TPSA) is 518 Å². The van der Waals surface area contributed by atoms with Crippen LogP contribution in [-0.2, 0) is 57.0 Å². The summed E-state index contributed by atoms with van der Waals surface area (Å²) in [6.07, 6.45) is -0.801. The lowest BCUT2D eigenvalue weighted by atomic mass is 9.78. The number of hydrogen-bond donors (Lipinski definition) is 18. The van der Waals surface area contributed by atoms with E-state index in [0.29, 0.717) is 97.1 Å². The molecule has 0 aromatic rings. The average molecular weight is 1370 g/mol. The molecule has 0 spiro atoms. The zero-order chi connectivity index (χ0) is 69.8. The lowest BCUT2D eigenvalue weighted by Crippen LogP contribution is -2.62. The van der Waals surface area contributed by atoms with Gasteiger partial charge in [-0.2, -0.15) is 0 Å². The van der Waals surface area contributed by atoms with Gasteiger partial charge >= 0.3 is 18.3 Å². The largest absolute Gasteiger partial charge is 0.450 e. The number of rotatable bonds is 51. The van der Waals surface area contributed by atoms with Crippen molar-refractivity contribution in [3.63, 3.8) is 0 Å². The van der Waals surface area contributed by atoms with Gasteiger partial charge in [-0.3, -0.25) is 14.4 Å². The molecule has 21 N–H and O–H groups in total. The number of carbonyl (C=O) groups excluding carboxylic acids is 6. The van der Waals surface area contributed by atoms with Crippen LogP contribution in [0.4, 0.5) is 14.4 Å². The highest BCUT2D eigenvalue weighted by Gasteiger charge is 2.45. The third-order valence-corrected chi connectivity index (χ3v) is 16.9. The molecule has 33 heteroatoms. The summed E-state index contributed by atoms with van der Waals surface area (Å²) in [5.41, 5.74) is 17.3. The van der Waals surface area contributed by atoms with Crippen molar-refractivity contribution in [2.45, 2.75) is 253 Å². The molecule has 0 bridgehead atoms. The van der Waals surface area contributed by atoms with Crippen molar-refractivity contribution in [1.82, 2.24) is 31.9 Å². The van der Waals surface area contributed by atoms with E-state index in [1.807, 2.05) is 0 Å². The highest BCUT2D eigenvalue weighted by Crippen LogP contribution is 2.34. The Hall–Kier alpha value is -4.50. The number of unbranched alkanes of at least 4 members (excludes halogenated alkanes) is 10. The highest BCUT2D eigenvalue weighted by molar-refractivity contribution is 5.76. The molecule has 3 rings (SSSR count). The van der Waals surface area contributed by atoms with Crippen molar-refractivity contribution in [3.8, 4) is 0 Å². The number of amides is 6. The van der Waals surface area contributed by atoms with E-state index in [2.05, 4.69) is 38.8 Å². The van der Waals surface area contributed by atoms with E-state index in [4.69, 9.17) is 59.8 Å². The number of nitrogens with one attached hydrogen (secondary N) is 6. The van der Waals surface area contributed by atoms with Gasteiger partial charge in [0.15, 0.2) is 18.9 Å². The Balaban J connectivity index is 1.26. The Morgan fingerprint density at radius 2 is 0.632 bits per heavy atom. The van der Waals surface area contributed by atoms with Gasteiger partial charge in [0.25, 0.3) is 0 Å². The Morgan fingerprint density at radius 1 is 0.347 bits per heavy atom. The van der Waals surface area contributed by atoms with Gasteiger partial charge in [0, 0.05) is 58.5 Å². The molecule has 3 fully saturated rings. The smallest absolute Gasteiger partial charge is 0.407 e. The van der Waals surface area contributed by atoms with E-state index >= 15 is 0 Å². The van der Waals surface area contributed by atoms with E-state index in [0.717, 1.165) is 77.0 Å². The molecule has 16 unspecified atom stereocenters. The van der Waals surface area contributed by atoms with Crippen LogP contribution in [0.3, 0.4) is 0 Å². The van der Waals surface area contributed by atoms with E-state index in [-0.39, 0.29) is 82.0 Å². The summed E-state index contributed by atoms with van der Waals surface area (Å²) in [6.45, 7) is 4.21. The van der Waals surface area contributed by atoms with Gasteiger partial charge in [-0.25, -0.2) is 14.4 Å². The number of aliphatic hydroxyl groups excluding tert-OH is 9. The van der Waals surface area contributed by atoms with Crippen LogP contribution >= 0.6 is 0 Å². The SMILES string of the molecule is CC(CCCCOC(=O)NCCCCCCNC(=O)CCCOC1OC(CO)C(O)C(O)C1N)(CCCOC(=O)NCCCCCCNC(=O)CCCOC1OC(CO)C(O)C(O)C1N)CCOC(=O)NCCCCCCNC(=O)CCCOC1OC(CO)C(O)C(O)C1N. The molecular weight excluding hydrogens is 1250 g/mol. The van der Waals surface area contributed by atoms with Crippen molar-refractivity contribution in [2.75, 3.05) is 98.7 Å². The van der Waals surface area contributed by atoms with Crippen LogP contribution in [0.2, 0.25) is 0 Å². The van der Waals surface area contributed by atoms with E-state index in [1.54, 1.807) is 0 Å². The molecule has 554 valence electrons. The first-order valence-corrected chi connectivity index (χ1v) is 34.2. The molecule has 0 radical (unpaired) electrons. The summed E-state index contributed by atoms with van der Waals surface area (Å²) in [6, 6.07) is -3.02. The molecule has 0 aromatic carbocycles. The summed E-state index contributed by atoms with van der Waals surface area (Å²) in [7, 11) is 0. The second-order valence-corrected chi connectivity index (χ2v) is 24.9. The Bertz CT molecular complexity index is 2100. The third kappa shape index (κ3) is 35.2. The Labute approximate surface area is 557 Å². The zero-order valence-electron chi connectivity index (χ0n) is 55.6.